The molecule has 31 heavy (non-hydrogen) atoms. The van der Waals surface area contributed by atoms with Gasteiger partial charge in [0, 0.05) is 24.0 Å². The second kappa shape index (κ2) is 8.82. The molecule has 1 saturated carbocycles. The predicted molar refractivity (Wildman–Crippen MR) is 115 cm³/mol. The lowest BCUT2D eigenvalue weighted by molar-refractivity contribution is -0.121. The van der Waals surface area contributed by atoms with Gasteiger partial charge < -0.3 is 10.4 Å². The molecule has 0 spiro atoms. The molecule has 0 saturated heterocycles. The highest BCUT2D eigenvalue weighted by Gasteiger charge is 2.30. The van der Waals surface area contributed by atoms with Crippen LogP contribution < -0.4 is 10.9 Å². The van der Waals surface area contributed by atoms with Gasteiger partial charge in [-0.1, -0.05) is 0 Å². The van der Waals surface area contributed by atoms with Gasteiger partial charge in [0.1, 0.15) is 5.82 Å². The Morgan fingerprint density at radius 2 is 2.03 bits per heavy atom. The lowest BCUT2D eigenvalue weighted by atomic mass is 10.0. The Morgan fingerprint density at radius 3 is 2.61 bits per heavy atom. The number of anilines is 1. The summed E-state index contributed by atoms with van der Waals surface area (Å²) in [6.07, 6.45) is 2.15. The molecule has 1 aromatic carbocycles. The van der Waals surface area contributed by atoms with E-state index in [0.29, 0.717) is 34.8 Å². The van der Waals surface area contributed by atoms with E-state index in [-0.39, 0.29) is 36.1 Å². The fraction of sp³-hybridized carbons (Fsp3) is 0.435. The third kappa shape index (κ3) is 5.86. The van der Waals surface area contributed by atoms with Crippen molar-refractivity contribution in [3.63, 3.8) is 0 Å². The fourth-order valence-electron chi connectivity index (χ4n) is 3.17. The molecule has 2 N–H and O–H groups in total. The molecule has 0 radical (unpaired) electrons. The number of amides is 1. The normalized spacial score (nSPS) is 13.5. The van der Waals surface area contributed by atoms with Crippen molar-refractivity contribution < 1.29 is 14.7 Å². The molecule has 0 aliphatic heterocycles. The highest BCUT2D eigenvalue weighted by Crippen LogP contribution is 2.33. The zero-order valence-electron chi connectivity index (χ0n) is 17.9. The first-order valence-electron chi connectivity index (χ1n) is 10.3. The maximum absolute atomic E-state index is 12.7. The van der Waals surface area contributed by atoms with Crippen molar-refractivity contribution in [3.8, 4) is 17.3 Å². The number of aryl methyl sites for hydroxylation is 1. The van der Waals surface area contributed by atoms with Gasteiger partial charge in [0.05, 0.1) is 35.2 Å². The third-order valence-electron chi connectivity index (χ3n) is 5.18. The molecule has 8 heteroatoms. The van der Waals surface area contributed by atoms with Crippen molar-refractivity contribution in [2.75, 3.05) is 5.32 Å². The van der Waals surface area contributed by atoms with E-state index < -0.39 is 5.60 Å². The van der Waals surface area contributed by atoms with Crippen LogP contribution in [-0.4, -0.2) is 31.9 Å². The highest BCUT2D eigenvalue weighted by atomic mass is 16.3. The molecule has 0 unspecified atom stereocenters. The number of nitrogens with one attached hydrogen (secondary N) is 1. The van der Waals surface area contributed by atoms with Crippen LogP contribution in [0.15, 0.2) is 29.1 Å². The minimum absolute atomic E-state index is 0.0174. The Kier molecular flexibility index (Phi) is 6.37. The summed E-state index contributed by atoms with van der Waals surface area (Å²) in [6.45, 7) is 4.78. The number of nitrogens with zero attached hydrogens (tertiary/aromatic N) is 3. The topological polar surface area (TPSA) is 125 Å². The molecule has 1 amide bonds. The zero-order chi connectivity index (χ0) is 22.8. The summed E-state index contributed by atoms with van der Waals surface area (Å²) in [4.78, 5) is 41.7. The monoisotopic (exact) mass is 422 g/mol. The van der Waals surface area contributed by atoms with E-state index in [1.54, 1.807) is 39.0 Å². The van der Waals surface area contributed by atoms with Crippen LogP contribution in [0.5, 0.6) is 0 Å². The number of aromatic nitrogens is 2. The van der Waals surface area contributed by atoms with Crippen molar-refractivity contribution in [2.24, 2.45) is 5.92 Å². The van der Waals surface area contributed by atoms with Crippen LogP contribution in [0.2, 0.25) is 0 Å². The Hall–Kier alpha value is -3.31. The van der Waals surface area contributed by atoms with E-state index in [1.165, 1.54) is 10.6 Å². The summed E-state index contributed by atoms with van der Waals surface area (Å²) in [5.41, 5.74) is 0.378. The third-order valence-corrected chi connectivity index (χ3v) is 5.18. The zero-order valence-corrected chi connectivity index (χ0v) is 17.9. The molecular formula is C23H26N4O4. The quantitative estimate of drug-likeness (QED) is 0.673. The number of ketones is 1. The molecular weight excluding hydrogens is 396 g/mol. The van der Waals surface area contributed by atoms with Gasteiger partial charge in [-0.15, -0.1) is 0 Å². The van der Waals surface area contributed by atoms with Crippen LogP contribution in [0.3, 0.4) is 0 Å². The minimum atomic E-state index is -0.950. The summed E-state index contributed by atoms with van der Waals surface area (Å²) in [6, 6.07) is 8.19. The van der Waals surface area contributed by atoms with E-state index in [9.17, 15) is 24.8 Å². The van der Waals surface area contributed by atoms with E-state index in [4.69, 9.17) is 0 Å². The van der Waals surface area contributed by atoms with E-state index >= 15 is 0 Å². The predicted octanol–water partition coefficient (Wildman–Crippen LogP) is 2.56. The highest BCUT2D eigenvalue weighted by molar-refractivity contribution is 5.97. The number of carbonyl (C=O) groups excluding carboxylic acids is 2. The molecule has 0 atom stereocenters. The van der Waals surface area contributed by atoms with Crippen molar-refractivity contribution in [1.29, 1.82) is 5.26 Å². The van der Waals surface area contributed by atoms with E-state index in [2.05, 4.69) is 10.3 Å². The van der Waals surface area contributed by atoms with Gasteiger partial charge in [-0.2, -0.15) is 5.26 Å². The number of benzene rings is 1. The maximum Gasteiger partial charge on any atom is 0.254 e. The molecule has 1 fully saturated rings. The first kappa shape index (κ1) is 22.4. The van der Waals surface area contributed by atoms with Gasteiger partial charge in [-0.25, -0.2) is 4.98 Å². The lowest BCUT2D eigenvalue weighted by Crippen LogP contribution is -2.28. The number of aliphatic hydroxyl groups is 1. The summed E-state index contributed by atoms with van der Waals surface area (Å²) in [7, 11) is 0. The van der Waals surface area contributed by atoms with Crippen LogP contribution in [0, 0.1) is 24.2 Å². The number of carbonyl (C=O) groups is 2. The standard InChI is InChI=1S/C23H26N4O4/c1-14-25-20(11-21(29)27(14)13-17(28)8-9-23(2,3)31)18-7-4-15(12-24)10-19(18)26-22(30)16-5-6-16/h4,7,10-11,16,31H,5-6,8-9,13H2,1-3H3,(H,26,30). The molecule has 1 aromatic heterocycles. The summed E-state index contributed by atoms with van der Waals surface area (Å²) < 4.78 is 1.29. The maximum atomic E-state index is 12.7. The van der Waals surface area contributed by atoms with Gasteiger partial charge in [0.15, 0.2) is 5.78 Å². The first-order chi connectivity index (χ1) is 14.6. The van der Waals surface area contributed by atoms with Crippen molar-refractivity contribution in [3.05, 3.63) is 46.0 Å². The van der Waals surface area contributed by atoms with Gasteiger partial charge in [0.25, 0.3) is 5.56 Å². The SMILES string of the molecule is Cc1nc(-c2ccc(C#N)cc2NC(=O)C2CC2)cc(=O)n1CC(=O)CCC(C)(C)O. The number of hydrogen-bond acceptors (Lipinski definition) is 6. The van der Waals surface area contributed by atoms with Gasteiger partial charge in [-0.3, -0.25) is 19.0 Å². The van der Waals surface area contributed by atoms with E-state index in [1.807, 2.05) is 6.07 Å². The van der Waals surface area contributed by atoms with Crippen molar-refractivity contribution >= 4 is 17.4 Å². The Morgan fingerprint density at radius 1 is 1.32 bits per heavy atom. The number of Topliss-reactive ketones (excluding diaryl/α,β-unsaturated/α-hetero) is 1. The molecule has 1 aliphatic rings. The summed E-state index contributed by atoms with van der Waals surface area (Å²) in [5.74, 6) is 0.0654. The lowest BCUT2D eigenvalue weighted by Gasteiger charge is -2.17. The largest absolute Gasteiger partial charge is 0.390 e. The average Bonchev–Trinajstić information content (AvgIpc) is 3.54. The smallest absolute Gasteiger partial charge is 0.254 e. The van der Waals surface area contributed by atoms with Crippen molar-refractivity contribution in [2.45, 2.75) is 58.6 Å². The molecule has 1 aliphatic carbocycles. The average molecular weight is 422 g/mol. The number of hydrogen-bond donors (Lipinski definition) is 2. The molecule has 162 valence electrons. The Balaban J connectivity index is 1.88. The number of nitriles is 1. The first-order valence-corrected chi connectivity index (χ1v) is 10.3. The van der Waals surface area contributed by atoms with Crippen LogP contribution >= 0.6 is 0 Å². The minimum Gasteiger partial charge on any atom is -0.390 e. The van der Waals surface area contributed by atoms with Crippen LogP contribution in [0.4, 0.5) is 5.69 Å². The number of rotatable bonds is 8. The fourth-order valence-corrected chi connectivity index (χ4v) is 3.17. The van der Waals surface area contributed by atoms with Crippen LogP contribution in [0.1, 0.15) is 50.9 Å². The second-order valence-corrected chi connectivity index (χ2v) is 8.60. The van der Waals surface area contributed by atoms with Gasteiger partial charge in [-0.05, 0) is 58.2 Å². The van der Waals surface area contributed by atoms with Crippen molar-refractivity contribution in [1.82, 2.24) is 9.55 Å². The molecule has 8 nitrogen and oxygen atoms in total. The Labute approximate surface area is 180 Å². The molecule has 1 heterocycles. The molecule has 3 rings (SSSR count). The van der Waals surface area contributed by atoms with Gasteiger partial charge in [0.2, 0.25) is 5.91 Å². The summed E-state index contributed by atoms with van der Waals surface area (Å²) >= 11 is 0. The molecule has 2 aromatic rings. The molecule has 0 bridgehead atoms. The Bertz CT molecular complexity index is 1120. The van der Waals surface area contributed by atoms with E-state index in [0.717, 1.165) is 12.8 Å². The van der Waals surface area contributed by atoms with Crippen LogP contribution in [-0.2, 0) is 16.1 Å². The van der Waals surface area contributed by atoms with Gasteiger partial charge >= 0.3 is 0 Å². The second-order valence-electron chi connectivity index (χ2n) is 8.60. The summed E-state index contributed by atoms with van der Waals surface area (Å²) in [5, 5.41) is 21.8. The van der Waals surface area contributed by atoms with Crippen LogP contribution in [0.25, 0.3) is 11.3 Å².